The Morgan fingerprint density at radius 2 is 1.92 bits per heavy atom. The molecule has 2 rings (SSSR count). The number of phenols is 1. The molecule has 1 aromatic rings. The van der Waals surface area contributed by atoms with Crippen molar-refractivity contribution in [1.29, 1.82) is 0 Å². The van der Waals surface area contributed by atoms with Crippen molar-refractivity contribution in [3.63, 3.8) is 0 Å². The van der Waals surface area contributed by atoms with E-state index in [1.54, 1.807) is 12.1 Å². The van der Waals surface area contributed by atoms with Crippen LogP contribution in [-0.4, -0.2) is 39.5 Å². The zero-order chi connectivity index (χ0) is 18.3. The second-order valence-electron chi connectivity index (χ2n) is 6.34. The van der Waals surface area contributed by atoms with E-state index >= 15 is 0 Å². The Kier molecular flexibility index (Phi) is 7.03. The lowest BCUT2D eigenvalue weighted by Gasteiger charge is -2.36. The van der Waals surface area contributed by atoms with E-state index in [-0.39, 0.29) is 11.5 Å². The van der Waals surface area contributed by atoms with Gasteiger partial charge in [0.05, 0.1) is 0 Å². The van der Waals surface area contributed by atoms with Gasteiger partial charge in [-0.2, -0.15) is 0 Å². The molecule has 0 fully saturated rings. The Morgan fingerprint density at radius 3 is 2.46 bits per heavy atom. The number of ether oxygens (including phenoxy) is 1. The lowest BCUT2D eigenvalue weighted by atomic mass is 9.98. The highest BCUT2D eigenvalue weighted by Gasteiger charge is 2.30. The van der Waals surface area contributed by atoms with Gasteiger partial charge < -0.3 is 20.1 Å². The third-order valence-corrected chi connectivity index (χ3v) is 3.66. The molecule has 1 aliphatic rings. The Morgan fingerprint density at radius 1 is 1.29 bits per heavy atom. The summed E-state index contributed by atoms with van der Waals surface area (Å²) < 4.78 is 6.01. The molecule has 0 aromatic heterocycles. The Bertz CT molecular complexity index is 574. The highest BCUT2D eigenvalue weighted by molar-refractivity contribution is 6.27. The number of benzene rings is 1. The van der Waals surface area contributed by atoms with Crippen LogP contribution in [0.2, 0.25) is 0 Å². The standard InChI is InChI=1S/C15H23NO2.C2H2O4/c1-11(2)7-9-16-15(3)8-6-12-4-5-13(17)10-14(12)18-15;3-1(4)2(5)6/h4-5,10-11,16-17H,6-9H2,1-3H3;(H,3,4)(H,5,6). The topological polar surface area (TPSA) is 116 Å². The third-order valence-electron chi connectivity index (χ3n) is 3.66. The monoisotopic (exact) mass is 339 g/mol. The van der Waals surface area contributed by atoms with E-state index in [9.17, 15) is 5.11 Å². The molecule has 0 spiro atoms. The fraction of sp³-hybridized carbons (Fsp3) is 0.529. The number of aryl methyl sites for hydroxylation is 1. The number of aromatic hydroxyl groups is 1. The number of phenolic OH excluding ortho intramolecular Hbond substituents is 1. The third kappa shape index (κ3) is 6.45. The smallest absolute Gasteiger partial charge is 0.414 e. The lowest BCUT2D eigenvalue weighted by molar-refractivity contribution is -0.159. The van der Waals surface area contributed by atoms with E-state index in [1.165, 1.54) is 5.56 Å². The number of nitrogens with one attached hydrogen (secondary N) is 1. The summed E-state index contributed by atoms with van der Waals surface area (Å²) in [6, 6.07) is 5.37. The molecule has 134 valence electrons. The maximum Gasteiger partial charge on any atom is 0.414 e. The van der Waals surface area contributed by atoms with Crippen molar-refractivity contribution in [2.24, 2.45) is 5.92 Å². The first-order valence-electron chi connectivity index (χ1n) is 7.85. The number of aliphatic carboxylic acids is 2. The molecule has 0 bridgehead atoms. The fourth-order valence-corrected chi connectivity index (χ4v) is 2.26. The van der Waals surface area contributed by atoms with E-state index in [4.69, 9.17) is 24.5 Å². The van der Waals surface area contributed by atoms with Gasteiger partial charge in [-0.15, -0.1) is 0 Å². The summed E-state index contributed by atoms with van der Waals surface area (Å²) in [6.07, 6.45) is 3.09. The van der Waals surface area contributed by atoms with Crippen LogP contribution in [0, 0.1) is 5.92 Å². The maximum absolute atomic E-state index is 9.51. The van der Waals surface area contributed by atoms with Crippen molar-refractivity contribution >= 4 is 11.9 Å². The summed E-state index contributed by atoms with van der Waals surface area (Å²) in [7, 11) is 0. The molecule has 1 aromatic carbocycles. The number of carbonyl (C=O) groups is 2. The maximum atomic E-state index is 9.51. The van der Waals surface area contributed by atoms with Crippen LogP contribution >= 0.6 is 0 Å². The Labute approximate surface area is 141 Å². The summed E-state index contributed by atoms with van der Waals surface area (Å²) in [4.78, 5) is 18.2. The summed E-state index contributed by atoms with van der Waals surface area (Å²) >= 11 is 0. The van der Waals surface area contributed by atoms with Gasteiger partial charge in [0.15, 0.2) is 5.72 Å². The molecule has 24 heavy (non-hydrogen) atoms. The van der Waals surface area contributed by atoms with Crippen molar-refractivity contribution in [2.45, 2.75) is 45.8 Å². The van der Waals surface area contributed by atoms with E-state index in [0.29, 0.717) is 5.92 Å². The minimum absolute atomic E-state index is 0.264. The van der Waals surface area contributed by atoms with Crippen LogP contribution in [0.4, 0.5) is 0 Å². The number of fused-ring (bicyclic) bond motifs is 1. The van der Waals surface area contributed by atoms with Crippen LogP contribution in [0.3, 0.4) is 0 Å². The number of carboxylic acid groups (broad SMARTS) is 2. The molecular weight excluding hydrogens is 314 g/mol. The van der Waals surface area contributed by atoms with Crippen molar-refractivity contribution < 1.29 is 29.6 Å². The van der Waals surface area contributed by atoms with E-state index in [1.807, 2.05) is 6.07 Å². The minimum atomic E-state index is -1.82. The summed E-state index contributed by atoms with van der Waals surface area (Å²) in [5.74, 6) is -1.88. The molecule has 1 aliphatic heterocycles. The molecule has 0 aliphatic carbocycles. The summed E-state index contributed by atoms with van der Waals surface area (Å²) in [5.41, 5.74) is 0.867. The van der Waals surface area contributed by atoms with Gasteiger partial charge >= 0.3 is 11.9 Å². The van der Waals surface area contributed by atoms with Crippen molar-refractivity contribution in [3.05, 3.63) is 23.8 Å². The summed E-state index contributed by atoms with van der Waals surface area (Å²) in [6.45, 7) is 7.49. The average Bonchev–Trinajstić information content (AvgIpc) is 2.46. The van der Waals surface area contributed by atoms with Gasteiger partial charge in [-0.3, -0.25) is 5.32 Å². The fourth-order valence-electron chi connectivity index (χ4n) is 2.26. The van der Waals surface area contributed by atoms with Crippen LogP contribution in [0.15, 0.2) is 18.2 Å². The molecule has 0 saturated heterocycles. The second kappa shape index (κ2) is 8.54. The zero-order valence-corrected chi connectivity index (χ0v) is 14.2. The molecule has 4 N–H and O–H groups in total. The van der Waals surface area contributed by atoms with Crippen LogP contribution in [-0.2, 0) is 16.0 Å². The van der Waals surface area contributed by atoms with Gasteiger partial charge in [0, 0.05) is 12.5 Å². The highest BCUT2D eigenvalue weighted by Crippen LogP contribution is 2.34. The van der Waals surface area contributed by atoms with Gasteiger partial charge in [0.25, 0.3) is 0 Å². The van der Waals surface area contributed by atoms with Crippen LogP contribution in [0.1, 0.15) is 39.2 Å². The van der Waals surface area contributed by atoms with Crippen molar-refractivity contribution in [2.75, 3.05) is 6.54 Å². The van der Waals surface area contributed by atoms with Gasteiger partial charge in [-0.25, -0.2) is 9.59 Å². The summed E-state index contributed by atoms with van der Waals surface area (Å²) in [5, 5.41) is 27.8. The molecular formula is C17H25NO6. The van der Waals surface area contributed by atoms with Crippen LogP contribution < -0.4 is 10.1 Å². The van der Waals surface area contributed by atoms with Crippen molar-refractivity contribution in [1.82, 2.24) is 5.32 Å². The first kappa shape index (κ1) is 19.8. The zero-order valence-electron chi connectivity index (χ0n) is 14.2. The van der Waals surface area contributed by atoms with Gasteiger partial charge in [0.1, 0.15) is 11.5 Å². The molecule has 7 heteroatoms. The molecule has 0 radical (unpaired) electrons. The van der Waals surface area contributed by atoms with E-state index < -0.39 is 11.9 Å². The normalized spacial score (nSPS) is 18.8. The molecule has 1 unspecified atom stereocenters. The Balaban J connectivity index is 0.000000413. The number of rotatable bonds is 4. The highest BCUT2D eigenvalue weighted by atomic mass is 16.5. The molecule has 7 nitrogen and oxygen atoms in total. The van der Waals surface area contributed by atoms with Gasteiger partial charge in [-0.1, -0.05) is 19.9 Å². The van der Waals surface area contributed by atoms with Gasteiger partial charge in [-0.05, 0) is 43.9 Å². The molecule has 0 amide bonds. The van der Waals surface area contributed by atoms with Crippen LogP contribution in [0.25, 0.3) is 0 Å². The molecule has 1 heterocycles. The largest absolute Gasteiger partial charge is 0.508 e. The number of carboxylic acids is 2. The first-order chi connectivity index (χ1) is 11.1. The minimum Gasteiger partial charge on any atom is -0.508 e. The van der Waals surface area contributed by atoms with Crippen LogP contribution in [0.5, 0.6) is 11.5 Å². The molecule has 1 atom stereocenters. The predicted molar refractivity (Wildman–Crippen MR) is 88.2 cm³/mol. The predicted octanol–water partition coefficient (Wildman–Crippen LogP) is 2.22. The number of hydrogen-bond acceptors (Lipinski definition) is 5. The van der Waals surface area contributed by atoms with E-state index in [0.717, 1.165) is 31.6 Å². The van der Waals surface area contributed by atoms with Crippen molar-refractivity contribution in [3.8, 4) is 11.5 Å². The SMILES string of the molecule is CC(C)CCNC1(C)CCc2ccc(O)cc2O1.O=C(O)C(=O)O. The quantitative estimate of drug-likeness (QED) is 0.622. The average molecular weight is 339 g/mol. The molecule has 0 saturated carbocycles. The second-order valence-corrected chi connectivity index (χ2v) is 6.34. The number of hydrogen-bond donors (Lipinski definition) is 4. The van der Waals surface area contributed by atoms with Gasteiger partial charge in [0.2, 0.25) is 0 Å². The first-order valence-corrected chi connectivity index (χ1v) is 7.85. The van der Waals surface area contributed by atoms with E-state index in [2.05, 4.69) is 26.1 Å². The Hall–Kier alpha value is -2.28. The lowest BCUT2D eigenvalue weighted by Crippen LogP contribution is -2.50.